The maximum atomic E-state index is 13.7. The van der Waals surface area contributed by atoms with Crippen molar-refractivity contribution in [2.45, 2.75) is 93.8 Å². The number of carbonyl (C=O) groups excluding carboxylic acids is 3. The Kier molecular flexibility index (Phi) is 11.8. The van der Waals surface area contributed by atoms with E-state index in [0.29, 0.717) is 13.1 Å². The fourth-order valence-corrected chi connectivity index (χ4v) is 8.57. The zero-order chi connectivity index (χ0) is 40.3. The van der Waals surface area contributed by atoms with Crippen molar-refractivity contribution in [3.05, 3.63) is 96.8 Å². The van der Waals surface area contributed by atoms with Crippen LogP contribution in [0.5, 0.6) is 0 Å². The Morgan fingerprint density at radius 2 is 1.39 bits per heavy atom. The van der Waals surface area contributed by atoms with Gasteiger partial charge in [0.15, 0.2) is 0 Å². The molecule has 298 valence electrons. The SMILES string of the molecule is COC(=O)N[C@H](C(=O)N1CCC[C@H]1c1ncc(-c2ccc(-c3ccc(-c4cnc([C@@H]5CCCN5C(=O)OC(C)(C)C)[nH]4)cc3)c(Sc3ccccc3)c2)[nH]1)C(C)C. The maximum Gasteiger partial charge on any atom is 0.410 e. The van der Waals surface area contributed by atoms with E-state index in [0.717, 1.165) is 80.8 Å². The van der Waals surface area contributed by atoms with Gasteiger partial charge in [0.05, 0.1) is 43.0 Å². The van der Waals surface area contributed by atoms with Gasteiger partial charge in [0, 0.05) is 28.4 Å². The summed E-state index contributed by atoms with van der Waals surface area (Å²) in [6.45, 7) is 10.7. The van der Waals surface area contributed by atoms with E-state index in [1.807, 2.05) is 70.1 Å². The fraction of sp³-hybridized carbons (Fsp3) is 0.386. The highest BCUT2D eigenvalue weighted by Gasteiger charge is 2.38. The molecule has 2 aromatic heterocycles. The highest BCUT2D eigenvalue weighted by Crippen LogP contribution is 2.40. The molecule has 57 heavy (non-hydrogen) atoms. The van der Waals surface area contributed by atoms with E-state index in [4.69, 9.17) is 19.4 Å². The second-order valence-electron chi connectivity index (χ2n) is 15.9. The van der Waals surface area contributed by atoms with Crippen molar-refractivity contribution in [1.29, 1.82) is 0 Å². The molecule has 0 unspecified atom stereocenters. The first-order valence-corrected chi connectivity index (χ1v) is 20.4. The van der Waals surface area contributed by atoms with Gasteiger partial charge in [0.2, 0.25) is 5.91 Å². The molecule has 3 amide bonds. The number of alkyl carbamates (subject to hydrolysis) is 1. The maximum absolute atomic E-state index is 13.7. The number of amides is 3. The van der Waals surface area contributed by atoms with Crippen LogP contribution in [-0.4, -0.2) is 79.7 Å². The van der Waals surface area contributed by atoms with Crippen molar-refractivity contribution in [3.8, 4) is 33.6 Å². The quantitative estimate of drug-likeness (QED) is 0.127. The third kappa shape index (κ3) is 9.04. The summed E-state index contributed by atoms with van der Waals surface area (Å²) in [6, 6.07) is 24.1. The topological polar surface area (TPSA) is 146 Å². The molecule has 3 aromatic carbocycles. The summed E-state index contributed by atoms with van der Waals surface area (Å²) in [5.41, 5.74) is 5.32. The molecule has 12 nitrogen and oxygen atoms in total. The van der Waals surface area contributed by atoms with Gasteiger partial charge in [0.25, 0.3) is 0 Å². The largest absolute Gasteiger partial charge is 0.453 e. The second kappa shape index (κ2) is 16.9. The van der Waals surface area contributed by atoms with Crippen LogP contribution in [-0.2, 0) is 14.3 Å². The Morgan fingerprint density at radius 3 is 2.00 bits per heavy atom. The van der Waals surface area contributed by atoms with E-state index < -0.39 is 17.7 Å². The van der Waals surface area contributed by atoms with Crippen LogP contribution in [0.3, 0.4) is 0 Å². The number of methoxy groups -OCH3 is 1. The molecular formula is C44H51N7O5S. The monoisotopic (exact) mass is 789 g/mol. The van der Waals surface area contributed by atoms with Crippen LogP contribution in [0, 0.1) is 5.92 Å². The number of rotatable bonds is 10. The van der Waals surface area contributed by atoms with Gasteiger partial charge >= 0.3 is 12.2 Å². The Bertz CT molecular complexity index is 2190. The molecule has 0 spiro atoms. The van der Waals surface area contributed by atoms with Gasteiger partial charge in [-0.1, -0.05) is 80.2 Å². The molecule has 4 heterocycles. The predicted octanol–water partition coefficient (Wildman–Crippen LogP) is 9.40. The molecule has 13 heteroatoms. The van der Waals surface area contributed by atoms with E-state index in [-0.39, 0.29) is 30.0 Å². The molecule has 5 aromatic rings. The highest BCUT2D eigenvalue weighted by atomic mass is 32.2. The van der Waals surface area contributed by atoms with Crippen molar-refractivity contribution in [3.63, 3.8) is 0 Å². The molecule has 2 aliphatic rings. The molecular weight excluding hydrogens is 739 g/mol. The number of nitrogens with one attached hydrogen (secondary N) is 3. The molecule has 2 fully saturated rings. The molecule has 0 aliphatic carbocycles. The Labute approximate surface area is 338 Å². The van der Waals surface area contributed by atoms with E-state index in [2.05, 4.69) is 69.9 Å². The average molecular weight is 790 g/mol. The molecule has 3 atom stereocenters. The molecule has 7 rings (SSSR count). The van der Waals surface area contributed by atoms with Gasteiger partial charge in [-0.25, -0.2) is 19.6 Å². The van der Waals surface area contributed by atoms with E-state index in [1.165, 1.54) is 7.11 Å². The van der Waals surface area contributed by atoms with Gasteiger partial charge in [-0.2, -0.15) is 0 Å². The lowest BCUT2D eigenvalue weighted by Crippen LogP contribution is -2.51. The van der Waals surface area contributed by atoms with Gasteiger partial charge in [-0.3, -0.25) is 9.69 Å². The van der Waals surface area contributed by atoms with E-state index >= 15 is 0 Å². The van der Waals surface area contributed by atoms with Crippen LogP contribution >= 0.6 is 11.8 Å². The molecule has 2 saturated heterocycles. The second-order valence-corrected chi connectivity index (χ2v) is 17.1. The Morgan fingerprint density at radius 1 is 0.807 bits per heavy atom. The third-order valence-electron chi connectivity index (χ3n) is 10.4. The smallest absolute Gasteiger partial charge is 0.410 e. The van der Waals surface area contributed by atoms with Crippen molar-refractivity contribution in [1.82, 2.24) is 35.1 Å². The number of benzene rings is 3. The first kappa shape index (κ1) is 39.7. The third-order valence-corrected chi connectivity index (χ3v) is 11.5. The molecule has 0 radical (unpaired) electrons. The first-order valence-electron chi connectivity index (χ1n) is 19.6. The van der Waals surface area contributed by atoms with Crippen LogP contribution in [0.2, 0.25) is 0 Å². The number of nitrogens with zero attached hydrogens (tertiary/aromatic N) is 4. The van der Waals surface area contributed by atoms with Crippen LogP contribution in [0.25, 0.3) is 33.6 Å². The van der Waals surface area contributed by atoms with E-state index in [1.54, 1.807) is 16.7 Å². The number of aromatic nitrogens is 4. The lowest BCUT2D eigenvalue weighted by Gasteiger charge is -2.30. The summed E-state index contributed by atoms with van der Waals surface area (Å²) in [5, 5.41) is 2.72. The van der Waals surface area contributed by atoms with Gasteiger partial charge in [-0.15, -0.1) is 0 Å². The number of hydrogen-bond acceptors (Lipinski definition) is 8. The number of likely N-dealkylation sites (tertiary alicyclic amines) is 2. The lowest BCUT2D eigenvalue weighted by atomic mass is 10.0. The average Bonchev–Trinajstić information content (AvgIpc) is 4.03. The fourth-order valence-electron chi connectivity index (χ4n) is 7.55. The highest BCUT2D eigenvalue weighted by molar-refractivity contribution is 7.99. The number of ether oxygens (including phenoxy) is 2. The van der Waals surface area contributed by atoms with Gasteiger partial charge in [0.1, 0.15) is 23.3 Å². The number of aromatic amines is 2. The molecule has 3 N–H and O–H groups in total. The van der Waals surface area contributed by atoms with Crippen molar-refractivity contribution in [2.75, 3.05) is 20.2 Å². The molecule has 0 saturated carbocycles. The summed E-state index contributed by atoms with van der Waals surface area (Å²) in [5.74, 6) is 1.23. The number of hydrogen-bond donors (Lipinski definition) is 3. The summed E-state index contributed by atoms with van der Waals surface area (Å²) < 4.78 is 10.5. The zero-order valence-corrected chi connectivity index (χ0v) is 34.2. The summed E-state index contributed by atoms with van der Waals surface area (Å²) in [7, 11) is 1.30. The molecule has 0 bridgehead atoms. The zero-order valence-electron chi connectivity index (χ0n) is 33.4. The minimum absolute atomic E-state index is 0.112. The van der Waals surface area contributed by atoms with E-state index in [9.17, 15) is 14.4 Å². The number of H-pyrrole nitrogens is 2. The van der Waals surface area contributed by atoms with Crippen LogP contribution in [0.15, 0.2) is 95.0 Å². The normalized spacial score (nSPS) is 17.5. The lowest BCUT2D eigenvalue weighted by molar-refractivity contribution is -0.135. The Hall–Kier alpha value is -5.56. The summed E-state index contributed by atoms with van der Waals surface area (Å²) in [6.07, 6.45) is 6.08. The van der Waals surface area contributed by atoms with Crippen LogP contribution < -0.4 is 5.32 Å². The van der Waals surface area contributed by atoms with Gasteiger partial charge in [-0.05, 0) is 87.3 Å². The van der Waals surface area contributed by atoms with Gasteiger partial charge < -0.3 is 29.7 Å². The summed E-state index contributed by atoms with van der Waals surface area (Å²) >= 11 is 1.70. The minimum Gasteiger partial charge on any atom is -0.453 e. The predicted molar refractivity (Wildman–Crippen MR) is 220 cm³/mol. The minimum atomic E-state index is -0.697. The number of imidazole rings is 2. The van der Waals surface area contributed by atoms with Crippen molar-refractivity contribution < 1.29 is 23.9 Å². The Balaban J connectivity index is 1.12. The van der Waals surface area contributed by atoms with Crippen molar-refractivity contribution >= 4 is 29.9 Å². The summed E-state index contributed by atoms with van der Waals surface area (Å²) in [4.78, 5) is 61.0. The number of carbonyl (C=O) groups is 3. The van der Waals surface area contributed by atoms with Crippen LogP contribution in [0.1, 0.15) is 84.0 Å². The standard InChI is InChI=1S/C44H51N7O5S/c1-27(2)38(49-42(53)55-6)41(52)50-22-10-14-35(50)39-46-26-34(48-39)30-20-21-32(37(24-30)57-31-12-8-7-9-13-31)28-16-18-29(19-17-28)33-25-45-40(47-33)36-15-11-23-51(36)43(54)56-44(3,4)5/h7-9,12-13,16-21,24-27,35-36,38H,10-11,14-15,22-23H2,1-6H3,(H,45,47)(H,46,48)(H,49,53)/t35-,36-,38-/m0/s1. The first-order chi connectivity index (χ1) is 27.4. The molecule has 2 aliphatic heterocycles. The van der Waals surface area contributed by atoms with Crippen molar-refractivity contribution in [2.24, 2.45) is 5.92 Å². The van der Waals surface area contributed by atoms with Crippen LogP contribution in [0.4, 0.5) is 9.59 Å².